The summed E-state index contributed by atoms with van der Waals surface area (Å²) < 4.78 is 34.4. The van der Waals surface area contributed by atoms with E-state index in [1.54, 1.807) is 25.3 Å². The summed E-state index contributed by atoms with van der Waals surface area (Å²) in [6, 6.07) is 16.1. The van der Waals surface area contributed by atoms with Gasteiger partial charge >= 0.3 is 6.61 Å². The van der Waals surface area contributed by atoms with Crippen LogP contribution in [0.3, 0.4) is 0 Å². The number of para-hydroxylation sites is 1. The van der Waals surface area contributed by atoms with E-state index in [9.17, 15) is 8.78 Å². The summed E-state index contributed by atoms with van der Waals surface area (Å²) in [5, 5.41) is 0. The highest BCUT2D eigenvalue weighted by molar-refractivity contribution is 5.64. The molecule has 1 aliphatic rings. The number of ether oxygens (including phenoxy) is 2. The molecule has 154 valence electrons. The van der Waals surface area contributed by atoms with Gasteiger partial charge in [0, 0.05) is 35.3 Å². The molecule has 0 N–H and O–H groups in total. The lowest BCUT2D eigenvalue weighted by molar-refractivity contribution is -0.0498. The van der Waals surface area contributed by atoms with Crippen molar-refractivity contribution >= 4 is 5.65 Å². The van der Waals surface area contributed by atoms with Crippen LogP contribution in [0.15, 0.2) is 67.0 Å². The van der Waals surface area contributed by atoms with Gasteiger partial charge in [-0.2, -0.15) is 8.78 Å². The number of aryl methyl sites for hydroxylation is 2. The highest BCUT2D eigenvalue weighted by atomic mass is 19.3. The van der Waals surface area contributed by atoms with E-state index < -0.39 is 6.61 Å². The van der Waals surface area contributed by atoms with Gasteiger partial charge in [-0.15, -0.1) is 0 Å². The maximum absolute atomic E-state index is 11.5. The van der Waals surface area contributed by atoms with Crippen molar-refractivity contribution in [3.8, 4) is 22.8 Å². The lowest BCUT2D eigenvalue weighted by Gasteiger charge is -2.05. The summed E-state index contributed by atoms with van der Waals surface area (Å²) in [6.07, 6.45) is 7.46. The number of benzene rings is 1. The van der Waals surface area contributed by atoms with E-state index in [0.29, 0.717) is 5.88 Å². The smallest absolute Gasteiger partial charge is 0.387 e. The average molecular weight is 409 g/mol. The Morgan fingerprint density at radius 1 is 0.967 bits per heavy atom. The number of fused-ring (bicyclic) bond motifs is 3. The van der Waals surface area contributed by atoms with Crippen molar-refractivity contribution in [2.24, 2.45) is 0 Å². The first-order valence-corrected chi connectivity index (χ1v) is 9.64. The molecule has 3 heterocycles. The van der Waals surface area contributed by atoms with Gasteiger partial charge in [0.1, 0.15) is 11.4 Å². The van der Waals surface area contributed by atoms with E-state index in [1.165, 1.54) is 29.9 Å². The number of aromatic nitrogens is 3. The average Bonchev–Trinajstić information content (AvgIpc) is 3.36. The zero-order valence-electron chi connectivity index (χ0n) is 16.5. The Morgan fingerprint density at radius 3 is 2.47 bits per heavy atom. The number of hydrogen-bond donors (Lipinski definition) is 0. The van der Waals surface area contributed by atoms with Gasteiger partial charge in [-0.05, 0) is 49.6 Å². The molecule has 5 nitrogen and oxygen atoms in total. The van der Waals surface area contributed by atoms with Crippen molar-refractivity contribution in [3.05, 3.63) is 78.4 Å². The lowest BCUT2D eigenvalue weighted by Crippen LogP contribution is -2.00. The fourth-order valence-corrected chi connectivity index (χ4v) is 3.47. The van der Waals surface area contributed by atoms with Crippen LogP contribution in [0.4, 0.5) is 8.78 Å². The molecule has 4 aromatic rings. The summed E-state index contributed by atoms with van der Waals surface area (Å²) >= 11 is 0. The molecule has 0 spiro atoms. The zero-order chi connectivity index (χ0) is 20.9. The van der Waals surface area contributed by atoms with Gasteiger partial charge in [0.25, 0.3) is 0 Å². The molecule has 1 aromatic carbocycles. The van der Waals surface area contributed by atoms with Gasteiger partial charge in [-0.3, -0.25) is 0 Å². The standard InChI is InChI=1S/C16H15N3O.C7H6F2O/c1-20-16-8-6-11(9-17-16)12-5-7-15-18-13-3-2-4-14(13)19(15)10-12;8-7(9)10-6-4-2-1-3-5-6/h5-10H,2-4H2,1H3;1-5,7H. The van der Waals surface area contributed by atoms with Crippen molar-refractivity contribution in [1.29, 1.82) is 0 Å². The number of pyridine rings is 2. The van der Waals surface area contributed by atoms with E-state index in [2.05, 4.69) is 37.4 Å². The van der Waals surface area contributed by atoms with Crippen LogP contribution in [0.1, 0.15) is 17.8 Å². The van der Waals surface area contributed by atoms with E-state index in [1.807, 2.05) is 18.3 Å². The Morgan fingerprint density at radius 2 is 1.77 bits per heavy atom. The van der Waals surface area contributed by atoms with Gasteiger partial charge in [0.05, 0.1) is 12.8 Å². The molecule has 0 atom stereocenters. The third-order valence-electron chi connectivity index (χ3n) is 4.87. The van der Waals surface area contributed by atoms with E-state index >= 15 is 0 Å². The molecule has 0 unspecified atom stereocenters. The molecular weight excluding hydrogens is 388 g/mol. The first-order chi connectivity index (χ1) is 14.6. The summed E-state index contributed by atoms with van der Waals surface area (Å²) in [6.45, 7) is -2.73. The van der Waals surface area contributed by atoms with Crippen LogP contribution in [-0.2, 0) is 12.8 Å². The van der Waals surface area contributed by atoms with Crippen LogP contribution >= 0.6 is 0 Å². The van der Waals surface area contributed by atoms with E-state index in [4.69, 9.17) is 4.74 Å². The first kappa shape index (κ1) is 19.8. The topological polar surface area (TPSA) is 48.7 Å². The van der Waals surface area contributed by atoms with Gasteiger partial charge in [-0.1, -0.05) is 18.2 Å². The first-order valence-electron chi connectivity index (χ1n) is 9.64. The Bertz CT molecular complexity index is 1110. The molecular formula is C23H21F2N3O2. The molecule has 0 saturated heterocycles. The molecule has 0 saturated carbocycles. The third-order valence-corrected chi connectivity index (χ3v) is 4.87. The molecule has 0 bridgehead atoms. The molecule has 0 radical (unpaired) electrons. The number of alkyl halides is 2. The second-order valence-electron chi connectivity index (χ2n) is 6.79. The van der Waals surface area contributed by atoms with Gasteiger partial charge in [-0.25, -0.2) is 9.97 Å². The van der Waals surface area contributed by atoms with Crippen LogP contribution in [0.2, 0.25) is 0 Å². The monoisotopic (exact) mass is 409 g/mol. The molecule has 0 aliphatic heterocycles. The fraction of sp³-hybridized carbons (Fsp3) is 0.217. The summed E-state index contributed by atoms with van der Waals surface area (Å²) in [5.41, 5.74) is 5.91. The Kier molecular flexibility index (Phi) is 5.88. The van der Waals surface area contributed by atoms with E-state index in [-0.39, 0.29) is 5.75 Å². The molecule has 0 amide bonds. The number of nitrogens with zero attached hydrogens (tertiary/aromatic N) is 3. The van der Waals surface area contributed by atoms with Crippen LogP contribution in [0.5, 0.6) is 11.6 Å². The SMILES string of the molecule is COc1ccc(-c2ccc3nc4c(n3c2)CCC4)cn1.FC(F)Oc1ccccc1. The van der Waals surface area contributed by atoms with Crippen molar-refractivity contribution in [1.82, 2.24) is 14.4 Å². The van der Waals surface area contributed by atoms with E-state index in [0.717, 1.165) is 29.6 Å². The Hall–Kier alpha value is -3.48. The number of rotatable bonds is 4. The van der Waals surface area contributed by atoms with Crippen LogP contribution in [-0.4, -0.2) is 28.1 Å². The maximum Gasteiger partial charge on any atom is 0.387 e. The number of imidazole rings is 1. The Labute approximate surface area is 172 Å². The minimum atomic E-state index is -2.73. The third kappa shape index (κ3) is 4.40. The van der Waals surface area contributed by atoms with Crippen LogP contribution in [0, 0.1) is 0 Å². The molecule has 7 heteroatoms. The van der Waals surface area contributed by atoms with Gasteiger partial charge < -0.3 is 13.9 Å². The second kappa shape index (κ2) is 8.90. The maximum atomic E-state index is 11.5. The quantitative estimate of drug-likeness (QED) is 0.466. The van der Waals surface area contributed by atoms with Crippen molar-refractivity contribution in [3.63, 3.8) is 0 Å². The molecule has 0 fully saturated rings. The predicted molar refractivity (Wildman–Crippen MR) is 110 cm³/mol. The highest BCUT2D eigenvalue weighted by Gasteiger charge is 2.17. The fourth-order valence-electron chi connectivity index (χ4n) is 3.47. The molecule has 3 aromatic heterocycles. The second-order valence-corrected chi connectivity index (χ2v) is 6.79. The summed E-state index contributed by atoms with van der Waals surface area (Å²) in [4.78, 5) is 8.95. The summed E-state index contributed by atoms with van der Waals surface area (Å²) in [7, 11) is 1.63. The van der Waals surface area contributed by atoms with Crippen molar-refractivity contribution in [2.75, 3.05) is 7.11 Å². The van der Waals surface area contributed by atoms with Crippen molar-refractivity contribution < 1.29 is 18.3 Å². The number of methoxy groups -OCH3 is 1. The lowest BCUT2D eigenvalue weighted by atomic mass is 10.1. The summed E-state index contributed by atoms with van der Waals surface area (Å²) in [5.74, 6) is 0.829. The number of hydrogen-bond acceptors (Lipinski definition) is 4. The predicted octanol–water partition coefficient (Wildman–Crippen LogP) is 5.18. The van der Waals surface area contributed by atoms with Crippen molar-refractivity contribution in [2.45, 2.75) is 25.9 Å². The minimum Gasteiger partial charge on any atom is -0.481 e. The van der Waals surface area contributed by atoms with Crippen LogP contribution < -0.4 is 9.47 Å². The molecule has 5 rings (SSSR count). The largest absolute Gasteiger partial charge is 0.481 e. The van der Waals surface area contributed by atoms with Crippen LogP contribution in [0.25, 0.3) is 16.8 Å². The highest BCUT2D eigenvalue weighted by Crippen LogP contribution is 2.26. The van der Waals surface area contributed by atoms with Gasteiger partial charge in [0.2, 0.25) is 5.88 Å². The zero-order valence-corrected chi connectivity index (χ0v) is 16.5. The minimum absolute atomic E-state index is 0.192. The van der Waals surface area contributed by atoms with Gasteiger partial charge in [0.15, 0.2) is 0 Å². The Balaban J connectivity index is 0.000000185. The normalized spacial score (nSPS) is 12.4. The molecule has 30 heavy (non-hydrogen) atoms. The number of halogens is 2. The molecule has 1 aliphatic carbocycles.